The van der Waals surface area contributed by atoms with E-state index in [1.165, 1.54) is 56.1 Å². The number of nitrogens with zero attached hydrogens (tertiary/aromatic N) is 1. The number of rotatable bonds is 3. The maximum absolute atomic E-state index is 13.2. The van der Waals surface area contributed by atoms with Gasteiger partial charge in [-0.3, -0.25) is 4.79 Å². The molecule has 4 aliphatic carbocycles. The van der Waals surface area contributed by atoms with Crippen LogP contribution in [0.4, 0.5) is 0 Å². The molecule has 2 aliphatic heterocycles. The van der Waals surface area contributed by atoms with Crippen LogP contribution in [0.5, 0.6) is 0 Å². The summed E-state index contributed by atoms with van der Waals surface area (Å²) in [5, 5.41) is 0. The second kappa shape index (κ2) is 6.11. The van der Waals surface area contributed by atoms with E-state index in [9.17, 15) is 4.79 Å². The number of alkyl halides is 1. The summed E-state index contributed by atoms with van der Waals surface area (Å²) < 4.78 is 7.32. The van der Waals surface area contributed by atoms with Crippen LogP contribution in [0.3, 0.4) is 0 Å². The van der Waals surface area contributed by atoms with Crippen LogP contribution in [0.15, 0.2) is 0 Å². The second-order valence-corrected chi connectivity index (χ2v) is 11.7. The number of hydrogen-bond donors (Lipinski definition) is 0. The van der Waals surface area contributed by atoms with E-state index < -0.39 is 0 Å². The molecule has 4 heteroatoms. The van der Waals surface area contributed by atoms with E-state index in [1.807, 2.05) is 0 Å². The van der Waals surface area contributed by atoms with Crippen molar-refractivity contribution in [3.63, 3.8) is 0 Å². The third-order valence-electron chi connectivity index (χ3n) is 8.86. The number of halogens is 1. The number of ether oxygens (including phenoxy) is 1. The van der Waals surface area contributed by atoms with Gasteiger partial charge in [0.05, 0.1) is 38.2 Å². The van der Waals surface area contributed by atoms with Crippen LogP contribution >= 0.6 is 11.6 Å². The molecule has 0 amide bonds. The molecule has 0 N–H and O–H groups in total. The lowest BCUT2D eigenvalue weighted by molar-refractivity contribution is -0.947. The molecule has 4 saturated carbocycles. The molecule has 3 unspecified atom stereocenters. The molecule has 0 aromatic heterocycles. The van der Waals surface area contributed by atoms with Gasteiger partial charge in [0.2, 0.25) is 0 Å². The molecule has 2 saturated heterocycles. The largest absolute Gasteiger partial charge is 0.465 e. The monoisotopic (exact) mass is 380 g/mol. The second-order valence-electron chi connectivity index (χ2n) is 10.9. The minimum absolute atomic E-state index is 0.104. The predicted octanol–water partition coefficient (Wildman–Crippen LogP) is 4.52. The summed E-state index contributed by atoms with van der Waals surface area (Å²) in [6.07, 6.45) is 13.1. The molecule has 0 radical (unpaired) electrons. The summed E-state index contributed by atoms with van der Waals surface area (Å²) in [7, 11) is 2.44. The Labute approximate surface area is 163 Å². The van der Waals surface area contributed by atoms with Crippen molar-refractivity contribution in [1.82, 2.24) is 0 Å². The Morgan fingerprint density at radius 2 is 1.81 bits per heavy atom. The highest BCUT2D eigenvalue weighted by Gasteiger charge is 2.61. The fraction of sp³-hybridized carbons (Fsp3) is 0.955. The van der Waals surface area contributed by atoms with E-state index in [-0.39, 0.29) is 16.3 Å². The molecular formula is C22H35ClNO2+. The Morgan fingerprint density at radius 3 is 2.54 bits per heavy atom. The quantitative estimate of drug-likeness (QED) is 0.409. The number of piperidine rings is 2. The molecule has 0 spiro atoms. The Hall–Kier alpha value is -0.280. The van der Waals surface area contributed by atoms with Crippen LogP contribution in [0.1, 0.15) is 70.6 Å². The van der Waals surface area contributed by atoms with Crippen LogP contribution in [0.25, 0.3) is 0 Å². The Morgan fingerprint density at radius 1 is 1.08 bits per heavy atom. The minimum atomic E-state index is -0.245. The Bertz CT molecular complexity index is 575. The van der Waals surface area contributed by atoms with Crippen molar-refractivity contribution in [1.29, 1.82) is 0 Å². The molecule has 26 heavy (non-hydrogen) atoms. The minimum Gasteiger partial charge on any atom is -0.465 e. The third-order valence-corrected chi connectivity index (χ3v) is 9.30. The Balaban J connectivity index is 1.26. The van der Waals surface area contributed by atoms with E-state index >= 15 is 0 Å². The van der Waals surface area contributed by atoms with Crippen molar-refractivity contribution in [2.24, 2.45) is 23.2 Å². The van der Waals surface area contributed by atoms with Gasteiger partial charge < -0.3 is 9.22 Å². The van der Waals surface area contributed by atoms with Crippen LogP contribution in [-0.4, -0.2) is 48.1 Å². The molecule has 5 atom stereocenters. The normalized spacial score (nSPS) is 52.5. The highest BCUT2D eigenvalue weighted by molar-refractivity contribution is 6.24. The first-order valence-electron chi connectivity index (χ1n) is 11.1. The van der Waals surface area contributed by atoms with Gasteiger partial charge in [-0.05, 0) is 76.0 Å². The molecule has 0 aromatic rings. The summed E-state index contributed by atoms with van der Waals surface area (Å²) >= 11 is 6.91. The van der Waals surface area contributed by atoms with E-state index in [2.05, 4.69) is 7.05 Å². The lowest BCUT2D eigenvalue weighted by Crippen LogP contribution is -2.61. The van der Waals surface area contributed by atoms with Gasteiger partial charge in [-0.2, -0.15) is 0 Å². The standard InChI is InChI=1S/C22H35ClNO2/c1-24-7-3-2-6-19(24)18(5-4-8-24)14-26-20(25)21-10-16-9-17(11-21)13-22(23,12-16)15-21/h16-19H,2-15H2,1H3/q+1/t16?,17?,18-,19+,21?,22?,24?/m0/s1. The first-order valence-corrected chi connectivity index (χ1v) is 11.5. The number of fused-ring (bicyclic) bond motifs is 1. The van der Waals surface area contributed by atoms with E-state index in [0.717, 1.165) is 32.1 Å². The van der Waals surface area contributed by atoms with Crippen LogP contribution in [0, 0.1) is 23.2 Å². The van der Waals surface area contributed by atoms with E-state index in [1.54, 1.807) is 0 Å². The first kappa shape index (κ1) is 17.8. The summed E-state index contributed by atoms with van der Waals surface area (Å²) in [5.41, 5.74) is -0.245. The SMILES string of the molecule is C[N+]12CCCC[C@@H]1[C@H](COC(=O)C13CC4CC(CC(Cl)(C4)C1)C3)CCC2. The summed E-state index contributed by atoms with van der Waals surface area (Å²) in [5.74, 6) is 1.99. The number of quaternary nitrogens is 1. The van der Waals surface area contributed by atoms with Gasteiger partial charge >= 0.3 is 5.97 Å². The van der Waals surface area contributed by atoms with Crippen molar-refractivity contribution in [2.45, 2.75) is 81.5 Å². The van der Waals surface area contributed by atoms with Gasteiger partial charge in [0.25, 0.3) is 0 Å². The van der Waals surface area contributed by atoms with Gasteiger partial charge in [-0.1, -0.05) is 0 Å². The number of carbonyl (C=O) groups is 1. The predicted molar refractivity (Wildman–Crippen MR) is 103 cm³/mol. The zero-order chi connectivity index (χ0) is 18.0. The zero-order valence-corrected chi connectivity index (χ0v) is 17.1. The van der Waals surface area contributed by atoms with Crippen molar-refractivity contribution < 1.29 is 14.0 Å². The molecule has 2 heterocycles. The molecule has 6 fully saturated rings. The van der Waals surface area contributed by atoms with Crippen molar-refractivity contribution >= 4 is 17.6 Å². The van der Waals surface area contributed by atoms with Crippen LogP contribution < -0.4 is 0 Å². The lowest BCUT2D eigenvalue weighted by Gasteiger charge is -2.58. The van der Waals surface area contributed by atoms with Crippen molar-refractivity contribution in [3.05, 3.63) is 0 Å². The zero-order valence-electron chi connectivity index (χ0n) is 16.4. The number of esters is 1. The molecule has 6 aliphatic rings. The molecule has 6 rings (SSSR count). The average Bonchev–Trinajstić information content (AvgIpc) is 2.56. The highest BCUT2D eigenvalue weighted by Crippen LogP contribution is 2.64. The van der Waals surface area contributed by atoms with Crippen molar-refractivity contribution in [3.8, 4) is 0 Å². The number of carbonyl (C=O) groups excluding carboxylic acids is 1. The Kier molecular flexibility index (Phi) is 4.18. The smallest absolute Gasteiger partial charge is 0.312 e. The molecular weight excluding hydrogens is 346 g/mol. The fourth-order valence-corrected chi connectivity index (χ4v) is 8.85. The molecule has 4 bridgehead atoms. The molecule has 3 nitrogen and oxygen atoms in total. The summed E-state index contributed by atoms with van der Waals surface area (Å²) in [6, 6.07) is 0.709. The number of hydrogen-bond acceptors (Lipinski definition) is 2. The van der Waals surface area contributed by atoms with Gasteiger partial charge in [0, 0.05) is 17.2 Å². The topological polar surface area (TPSA) is 26.3 Å². The van der Waals surface area contributed by atoms with Crippen LogP contribution in [0.2, 0.25) is 0 Å². The summed E-state index contributed by atoms with van der Waals surface area (Å²) in [6.45, 7) is 3.29. The molecule has 146 valence electrons. The van der Waals surface area contributed by atoms with Gasteiger partial charge in [0.15, 0.2) is 0 Å². The lowest BCUT2D eigenvalue weighted by atomic mass is 9.49. The average molecular weight is 381 g/mol. The van der Waals surface area contributed by atoms with Gasteiger partial charge in [-0.25, -0.2) is 0 Å². The van der Waals surface area contributed by atoms with E-state index in [0.29, 0.717) is 30.4 Å². The molecule has 0 aromatic carbocycles. The fourth-order valence-electron chi connectivity index (χ4n) is 8.15. The third kappa shape index (κ3) is 2.83. The maximum Gasteiger partial charge on any atom is 0.312 e. The van der Waals surface area contributed by atoms with Crippen LogP contribution in [-0.2, 0) is 9.53 Å². The summed E-state index contributed by atoms with van der Waals surface area (Å²) in [4.78, 5) is 13.1. The first-order chi connectivity index (χ1) is 12.4. The highest BCUT2D eigenvalue weighted by atomic mass is 35.5. The van der Waals surface area contributed by atoms with Crippen molar-refractivity contribution in [2.75, 3.05) is 26.7 Å². The maximum atomic E-state index is 13.2. The van der Waals surface area contributed by atoms with Gasteiger partial charge in [-0.15, -0.1) is 11.6 Å². The van der Waals surface area contributed by atoms with E-state index in [4.69, 9.17) is 16.3 Å². The van der Waals surface area contributed by atoms with Gasteiger partial charge in [0.1, 0.15) is 0 Å².